The highest BCUT2D eigenvalue weighted by atomic mass is 16.5. The van der Waals surface area contributed by atoms with E-state index in [0.717, 1.165) is 38.2 Å². The number of nitrogens with one attached hydrogen (secondary N) is 1. The third kappa shape index (κ3) is 1.57. The molecule has 1 aliphatic heterocycles. The second kappa shape index (κ2) is 3.66. The van der Waals surface area contributed by atoms with Crippen molar-refractivity contribution in [3.8, 4) is 0 Å². The van der Waals surface area contributed by atoms with Gasteiger partial charge in [-0.2, -0.15) is 0 Å². The molecule has 0 saturated heterocycles. The first-order valence-corrected chi connectivity index (χ1v) is 5.21. The van der Waals surface area contributed by atoms with Gasteiger partial charge in [0.15, 0.2) is 0 Å². The number of ether oxygens (including phenoxy) is 1. The zero-order chi connectivity index (χ0) is 9.15. The predicted molar refractivity (Wildman–Crippen MR) is 53.1 cm³/mol. The molecular weight excluding hydrogens is 164 g/mol. The van der Waals surface area contributed by atoms with Crippen molar-refractivity contribution in [1.29, 1.82) is 0 Å². The molecule has 0 aromatic carbocycles. The smallest absolute Gasteiger partial charge is 0.129 e. The first-order valence-electron chi connectivity index (χ1n) is 5.21. The minimum Gasteiger partial charge on any atom is -0.371 e. The Kier molecular flexibility index (Phi) is 2.54. The number of amidine groups is 1. The van der Waals surface area contributed by atoms with E-state index in [9.17, 15) is 0 Å². The Morgan fingerprint density at radius 3 is 2.62 bits per heavy atom. The number of aliphatic imine (C=N–C) groups is 1. The number of hydrogen-bond acceptors (Lipinski definition) is 3. The Bertz CT molecular complexity index is 207. The molecule has 0 aromatic heterocycles. The van der Waals surface area contributed by atoms with Gasteiger partial charge in [-0.3, -0.25) is 4.99 Å². The summed E-state index contributed by atoms with van der Waals surface area (Å²) in [6.45, 7) is 2.03. The van der Waals surface area contributed by atoms with Crippen molar-refractivity contribution in [2.45, 2.75) is 37.7 Å². The molecule has 3 nitrogen and oxygen atoms in total. The Morgan fingerprint density at radius 1 is 1.31 bits per heavy atom. The van der Waals surface area contributed by atoms with E-state index in [0.29, 0.717) is 0 Å². The highest BCUT2D eigenvalue weighted by molar-refractivity contribution is 5.91. The van der Waals surface area contributed by atoms with Crippen molar-refractivity contribution in [1.82, 2.24) is 5.32 Å². The van der Waals surface area contributed by atoms with Crippen LogP contribution in [0.2, 0.25) is 0 Å². The predicted octanol–water partition coefficient (Wildman–Crippen LogP) is 1.34. The van der Waals surface area contributed by atoms with Gasteiger partial charge in [-0.1, -0.05) is 0 Å². The van der Waals surface area contributed by atoms with Gasteiger partial charge >= 0.3 is 0 Å². The molecule has 1 heterocycles. The molecular formula is C10H18N2O. The van der Waals surface area contributed by atoms with E-state index >= 15 is 0 Å². The second-order valence-corrected chi connectivity index (χ2v) is 3.92. The second-order valence-electron chi connectivity index (χ2n) is 3.92. The highest BCUT2D eigenvalue weighted by Gasteiger charge is 2.39. The van der Waals surface area contributed by atoms with Crippen molar-refractivity contribution in [2.24, 2.45) is 4.99 Å². The summed E-state index contributed by atoms with van der Waals surface area (Å²) in [7, 11) is 1.81. The first-order chi connectivity index (χ1) is 6.37. The Labute approximate surface area is 79.6 Å². The Balaban J connectivity index is 2.14. The van der Waals surface area contributed by atoms with E-state index < -0.39 is 0 Å². The van der Waals surface area contributed by atoms with Crippen molar-refractivity contribution < 1.29 is 4.74 Å². The van der Waals surface area contributed by atoms with Crippen molar-refractivity contribution >= 4 is 5.84 Å². The van der Waals surface area contributed by atoms with E-state index in [2.05, 4.69) is 10.3 Å². The molecule has 0 unspecified atom stereocenters. The lowest BCUT2D eigenvalue weighted by Gasteiger charge is -2.31. The van der Waals surface area contributed by atoms with Crippen LogP contribution in [-0.4, -0.2) is 31.6 Å². The number of methoxy groups -OCH3 is 1. The van der Waals surface area contributed by atoms with E-state index in [1.165, 1.54) is 12.8 Å². The lowest BCUT2D eigenvalue weighted by Crippen LogP contribution is -2.48. The highest BCUT2D eigenvalue weighted by Crippen LogP contribution is 2.33. The molecule has 1 N–H and O–H groups in total. The zero-order valence-electron chi connectivity index (χ0n) is 8.31. The summed E-state index contributed by atoms with van der Waals surface area (Å²) in [5, 5.41) is 3.38. The molecule has 1 aliphatic carbocycles. The van der Waals surface area contributed by atoms with Crippen molar-refractivity contribution in [3.05, 3.63) is 0 Å². The van der Waals surface area contributed by atoms with Crippen LogP contribution < -0.4 is 5.32 Å². The molecule has 2 rings (SSSR count). The van der Waals surface area contributed by atoms with E-state index in [4.69, 9.17) is 4.74 Å². The summed E-state index contributed by atoms with van der Waals surface area (Å²) < 4.78 is 5.64. The quantitative estimate of drug-likeness (QED) is 0.699. The summed E-state index contributed by atoms with van der Waals surface area (Å²) in [6.07, 6.45) is 5.97. The van der Waals surface area contributed by atoms with E-state index in [1.807, 2.05) is 7.11 Å². The van der Waals surface area contributed by atoms with Crippen LogP contribution in [0.25, 0.3) is 0 Å². The lowest BCUT2D eigenvalue weighted by molar-refractivity contribution is 0.0525. The van der Waals surface area contributed by atoms with Crippen LogP contribution in [0.1, 0.15) is 32.1 Å². The largest absolute Gasteiger partial charge is 0.371 e. The topological polar surface area (TPSA) is 33.6 Å². The van der Waals surface area contributed by atoms with Gasteiger partial charge in [-0.05, 0) is 32.1 Å². The van der Waals surface area contributed by atoms with E-state index in [1.54, 1.807) is 0 Å². The summed E-state index contributed by atoms with van der Waals surface area (Å²) >= 11 is 0. The molecule has 2 aliphatic rings. The molecule has 74 valence electrons. The average molecular weight is 182 g/mol. The lowest BCUT2D eigenvalue weighted by atomic mass is 9.99. The van der Waals surface area contributed by atoms with Crippen molar-refractivity contribution in [3.63, 3.8) is 0 Å². The minimum atomic E-state index is -0.0551. The van der Waals surface area contributed by atoms with Gasteiger partial charge in [0.05, 0.1) is 0 Å². The molecule has 1 saturated carbocycles. The molecule has 0 bridgehead atoms. The summed E-state index contributed by atoms with van der Waals surface area (Å²) in [5.74, 6) is 1.11. The van der Waals surface area contributed by atoms with Crippen LogP contribution in [-0.2, 0) is 4.74 Å². The van der Waals surface area contributed by atoms with E-state index in [-0.39, 0.29) is 5.60 Å². The molecule has 0 spiro atoms. The van der Waals surface area contributed by atoms with Gasteiger partial charge in [0.1, 0.15) is 11.4 Å². The van der Waals surface area contributed by atoms with Crippen LogP contribution in [0.3, 0.4) is 0 Å². The van der Waals surface area contributed by atoms with Gasteiger partial charge in [0.25, 0.3) is 0 Å². The maximum Gasteiger partial charge on any atom is 0.129 e. The van der Waals surface area contributed by atoms with Crippen LogP contribution in [0.5, 0.6) is 0 Å². The van der Waals surface area contributed by atoms with Crippen LogP contribution >= 0.6 is 0 Å². The Morgan fingerprint density at radius 2 is 2.08 bits per heavy atom. The molecule has 0 atom stereocenters. The van der Waals surface area contributed by atoms with Gasteiger partial charge < -0.3 is 10.1 Å². The maximum absolute atomic E-state index is 5.64. The number of nitrogens with zero attached hydrogens (tertiary/aromatic N) is 1. The summed E-state index contributed by atoms with van der Waals surface area (Å²) in [5.41, 5.74) is -0.0551. The first kappa shape index (κ1) is 9.00. The Hall–Kier alpha value is -0.570. The average Bonchev–Trinajstić information content (AvgIpc) is 2.69. The molecule has 13 heavy (non-hydrogen) atoms. The van der Waals surface area contributed by atoms with Gasteiger partial charge in [0, 0.05) is 20.2 Å². The maximum atomic E-state index is 5.64. The molecule has 3 heteroatoms. The van der Waals surface area contributed by atoms with Crippen LogP contribution in [0.15, 0.2) is 4.99 Å². The standard InChI is InChI=1S/C10H18N2O/c1-13-10(5-2-3-6-10)9-11-7-4-8-12-9/h2-8H2,1H3,(H,11,12). The fourth-order valence-electron chi connectivity index (χ4n) is 2.32. The summed E-state index contributed by atoms with van der Waals surface area (Å²) in [4.78, 5) is 4.54. The third-order valence-electron chi connectivity index (χ3n) is 3.13. The van der Waals surface area contributed by atoms with Gasteiger partial charge in [-0.25, -0.2) is 0 Å². The number of hydrogen-bond donors (Lipinski definition) is 1. The molecule has 0 aromatic rings. The van der Waals surface area contributed by atoms with Crippen LogP contribution in [0.4, 0.5) is 0 Å². The fourth-order valence-corrected chi connectivity index (χ4v) is 2.32. The minimum absolute atomic E-state index is 0.0551. The molecule has 0 radical (unpaired) electrons. The molecule has 1 fully saturated rings. The normalized spacial score (nSPS) is 26.7. The SMILES string of the molecule is COC1(C2=NCCCN2)CCCC1. The fraction of sp³-hybridized carbons (Fsp3) is 0.900. The van der Waals surface area contributed by atoms with Crippen LogP contribution in [0, 0.1) is 0 Å². The van der Waals surface area contributed by atoms with Gasteiger partial charge in [-0.15, -0.1) is 0 Å². The molecule has 0 amide bonds. The third-order valence-corrected chi connectivity index (χ3v) is 3.13. The zero-order valence-corrected chi connectivity index (χ0v) is 8.31. The monoisotopic (exact) mass is 182 g/mol. The number of rotatable bonds is 2. The summed E-state index contributed by atoms with van der Waals surface area (Å²) in [6, 6.07) is 0. The van der Waals surface area contributed by atoms with Gasteiger partial charge in [0.2, 0.25) is 0 Å². The van der Waals surface area contributed by atoms with Crippen molar-refractivity contribution in [2.75, 3.05) is 20.2 Å².